The van der Waals surface area contributed by atoms with Crippen molar-refractivity contribution in [1.29, 1.82) is 0 Å². The Hall–Kier alpha value is -3.45. The SMILES string of the molecule is CCOc1ccc(OCC)c(Nc2nc3ccccc3nc2NSC)c1.c1ccccc1. The van der Waals surface area contributed by atoms with E-state index in [2.05, 4.69) is 15.0 Å². The van der Waals surface area contributed by atoms with Gasteiger partial charge in [-0.3, -0.25) is 0 Å². The predicted octanol–water partition coefficient (Wildman–Crippen LogP) is 6.55. The quantitative estimate of drug-likeness (QED) is 0.296. The van der Waals surface area contributed by atoms with Gasteiger partial charge in [0.1, 0.15) is 11.5 Å². The predicted molar refractivity (Wildman–Crippen MR) is 135 cm³/mol. The van der Waals surface area contributed by atoms with E-state index < -0.39 is 0 Å². The van der Waals surface area contributed by atoms with Crippen molar-refractivity contribution in [1.82, 2.24) is 9.97 Å². The molecule has 0 radical (unpaired) electrons. The number of hydrogen-bond donors (Lipinski definition) is 2. The Morgan fingerprint density at radius 2 is 1.34 bits per heavy atom. The Kier molecular flexibility index (Phi) is 9.01. The molecule has 2 N–H and O–H groups in total. The fourth-order valence-electron chi connectivity index (χ4n) is 2.91. The molecule has 0 fully saturated rings. The molecular formula is C25H28N4O2S. The maximum atomic E-state index is 5.74. The van der Waals surface area contributed by atoms with Gasteiger partial charge in [-0.1, -0.05) is 60.5 Å². The average Bonchev–Trinajstić information content (AvgIpc) is 2.83. The largest absolute Gasteiger partial charge is 0.494 e. The average molecular weight is 449 g/mol. The number of hydrogen-bond acceptors (Lipinski definition) is 7. The highest BCUT2D eigenvalue weighted by atomic mass is 32.2. The number of nitrogens with zero attached hydrogens (tertiary/aromatic N) is 2. The summed E-state index contributed by atoms with van der Waals surface area (Å²) < 4.78 is 14.5. The highest BCUT2D eigenvalue weighted by Gasteiger charge is 2.13. The van der Waals surface area contributed by atoms with Crippen LogP contribution in [0.2, 0.25) is 0 Å². The molecule has 1 aromatic heterocycles. The molecule has 7 heteroatoms. The lowest BCUT2D eigenvalue weighted by atomic mass is 10.2. The number of nitrogens with one attached hydrogen (secondary N) is 2. The molecule has 6 nitrogen and oxygen atoms in total. The molecule has 0 saturated heterocycles. The van der Waals surface area contributed by atoms with Crippen LogP contribution in [-0.2, 0) is 0 Å². The third-order valence-corrected chi connectivity index (χ3v) is 4.65. The first-order chi connectivity index (χ1) is 15.7. The van der Waals surface area contributed by atoms with E-state index in [1.807, 2.05) is 99.0 Å². The Morgan fingerprint density at radius 1 is 0.750 bits per heavy atom. The Morgan fingerprint density at radius 3 is 1.91 bits per heavy atom. The molecule has 0 unspecified atom stereocenters. The summed E-state index contributed by atoms with van der Waals surface area (Å²) in [6.07, 6.45) is 1.95. The lowest BCUT2D eigenvalue weighted by molar-refractivity contribution is 0.332. The highest BCUT2D eigenvalue weighted by molar-refractivity contribution is 7.99. The molecule has 0 atom stereocenters. The summed E-state index contributed by atoms with van der Waals surface area (Å²) in [5.41, 5.74) is 2.44. The monoisotopic (exact) mass is 448 g/mol. The van der Waals surface area contributed by atoms with Gasteiger partial charge in [0.05, 0.1) is 29.9 Å². The molecule has 0 saturated carbocycles. The number of ether oxygens (including phenoxy) is 2. The molecule has 32 heavy (non-hydrogen) atoms. The smallest absolute Gasteiger partial charge is 0.180 e. The second-order valence-corrected chi connectivity index (χ2v) is 7.13. The minimum absolute atomic E-state index is 0.571. The van der Waals surface area contributed by atoms with E-state index in [1.165, 1.54) is 11.9 Å². The van der Waals surface area contributed by atoms with Crippen molar-refractivity contribution >= 4 is 40.3 Å². The van der Waals surface area contributed by atoms with Gasteiger partial charge in [-0.05, 0) is 38.1 Å². The van der Waals surface area contributed by atoms with Crippen LogP contribution < -0.4 is 19.5 Å². The first-order valence-corrected chi connectivity index (χ1v) is 11.7. The van der Waals surface area contributed by atoms with Gasteiger partial charge >= 0.3 is 0 Å². The third-order valence-electron chi connectivity index (χ3n) is 4.25. The van der Waals surface area contributed by atoms with Gasteiger partial charge in [-0.2, -0.15) is 0 Å². The third kappa shape index (κ3) is 6.52. The van der Waals surface area contributed by atoms with Crippen molar-refractivity contribution in [2.24, 2.45) is 0 Å². The van der Waals surface area contributed by atoms with Gasteiger partial charge < -0.3 is 19.5 Å². The van der Waals surface area contributed by atoms with Crippen LogP contribution in [0.4, 0.5) is 17.3 Å². The second-order valence-electron chi connectivity index (χ2n) is 6.52. The minimum Gasteiger partial charge on any atom is -0.494 e. The van der Waals surface area contributed by atoms with E-state index in [1.54, 1.807) is 0 Å². The number of benzene rings is 3. The Balaban J connectivity index is 0.000000416. The van der Waals surface area contributed by atoms with Crippen LogP contribution in [0.1, 0.15) is 13.8 Å². The summed E-state index contributed by atoms with van der Waals surface area (Å²) >= 11 is 1.47. The zero-order valence-electron chi connectivity index (χ0n) is 18.5. The summed E-state index contributed by atoms with van der Waals surface area (Å²) in [4.78, 5) is 9.39. The van der Waals surface area contributed by atoms with Crippen molar-refractivity contribution in [2.75, 3.05) is 29.5 Å². The molecule has 0 aliphatic rings. The zero-order valence-corrected chi connectivity index (χ0v) is 19.4. The molecule has 0 aliphatic heterocycles. The molecule has 3 aromatic carbocycles. The van der Waals surface area contributed by atoms with Crippen LogP contribution in [0.25, 0.3) is 11.0 Å². The summed E-state index contributed by atoms with van der Waals surface area (Å²) in [6, 6.07) is 25.5. The molecule has 0 amide bonds. The fourth-order valence-corrected chi connectivity index (χ4v) is 3.25. The van der Waals surface area contributed by atoms with Gasteiger partial charge in [-0.15, -0.1) is 0 Å². The van der Waals surface area contributed by atoms with Crippen LogP contribution in [0.5, 0.6) is 11.5 Å². The van der Waals surface area contributed by atoms with Crippen LogP contribution >= 0.6 is 11.9 Å². The molecule has 166 valence electrons. The molecule has 4 aromatic rings. The molecule has 0 aliphatic carbocycles. The van der Waals surface area contributed by atoms with Crippen LogP contribution in [0.3, 0.4) is 0 Å². The van der Waals surface area contributed by atoms with Gasteiger partial charge in [0.15, 0.2) is 11.6 Å². The summed E-state index contributed by atoms with van der Waals surface area (Å²) in [5, 5.41) is 3.35. The van der Waals surface area contributed by atoms with E-state index in [0.717, 1.165) is 28.2 Å². The van der Waals surface area contributed by atoms with Gasteiger partial charge in [0.2, 0.25) is 0 Å². The molecule has 0 bridgehead atoms. The lowest BCUT2D eigenvalue weighted by Gasteiger charge is -2.16. The molecule has 4 rings (SSSR count). The van der Waals surface area contributed by atoms with Crippen molar-refractivity contribution in [2.45, 2.75) is 13.8 Å². The number of aromatic nitrogens is 2. The van der Waals surface area contributed by atoms with Crippen LogP contribution in [-0.4, -0.2) is 29.4 Å². The number of para-hydroxylation sites is 2. The van der Waals surface area contributed by atoms with E-state index in [4.69, 9.17) is 14.5 Å². The summed E-state index contributed by atoms with van der Waals surface area (Å²) in [6.45, 7) is 5.08. The Labute approximate surface area is 193 Å². The standard InChI is InChI=1S/C19H22N4O2S.C6H6/c1-4-24-13-10-11-17(25-5-2)16(12-13)22-18-19(23-26-3)21-15-9-7-6-8-14(15)20-18;1-2-4-6-5-3-1/h6-12H,4-5H2,1-3H3,(H,20,22)(H,21,23);1-6H. The highest BCUT2D eigenvalue weighted by Crippen LogP contribution is 2.34. The second kappa shape index (κ2) is 12.4. The van der Waals surface area contributed by atoms with Crippen molar-refractivity contribution in [3.05, 3.63) is 78.9 Å². The van der Waals surface area contributed by atoms with Crippen molar-refractivity contribution < 1.29 is 9.47 Å². The fraction of sp³-hybridized carbons (Fsp3) is 0.200. The van der Waals surface area contributed by atoms with Gasteiger partial charge in [0.25, 0.3) is 0 Å². The van der Waals surface area contributed by atoms with E-state index >= 15 is 0 Å². The minimum atomic E-state index is 0.571. The first-order valence-electron chi connectivity index (χ1n) is 10.5. The summed E-state index contributed by atoms with van der Waals surface area (Å²) in [7, 11) is 0. The van der Waals surface area contributed by atoms with Gasteiger partial charge in [0, 0.05) is 12.3 Å². The van der Waals surface area contributed by atoms with Crippen molar-refractivity contribution in [3.8, 4) is 11.5 Å². The normalized spacial score (nSPS) is 10.1. The number of anilines is 3. The molecule has 0 spiro atoms. The topological polar surface area (TPSA) is 68.3 Å². The van der Waals surface area contributed by atoms with E-state index in [0.29, 0.717) is 24.8 Å². The maximum absolute atomic E-state index is 5.74. The molecule has 1 heterocycles. The number of fused-ring (bicyclic) bond motifs is 1. The Bertz CT molecular complexity index is 1080. The van der Waals surface area contributed by atoms with Crippen LogP contribution in [0, 0.1) is 0 Å². The van der Waals surface area contributed by atoms with Crippen molar-refractivity contribution in [3.63, 3.8) is 0 Å². The lowest BCUT2D eigenvalue weighted by Crippen LogP contribution is -2.04. The van der Waals surface area contributed by atoms with E-state index in [9.17, 15) is 0 Å². The molecular weight excluding hydrogens is 420 g/mol. The summed E-state index contributed by atoms with van der Waals surface area (Å²) in [5.74, 6) is 2.81. The maximum Gasteiger partial charge on any atom is 0.180 e. The zero-order chi connectivity index (χ0) is 22.6. The van der Waals surface area contributed by atoms with E-state index in [-0.39, 0.29) is 0 Å². The number of rotatable bonds is 8. The van der Waals surface area contributed by atoms with Gasteiger partial charge in [-0.25, -0.2) is 9.97 Å². The first kappa shape index (κ1) is 23.2. The van der Waals surface area contributed by atoms with Crippen LogP contribution in [0.15, 0.2) is 78.9 Å².